The summed E-state index contributed by atoms with van der Waals surface area (Å²) >= 11 is 0. The fourth-order valence-electron chi connectivity index (χ4n) is 1.58. The fraction of sp³-hybridized carbons (Fsp3) is 0.615. The van der Waals surface area contributed by atoms with Crippen LogP contribution in [0.3, 0.4) is 0 Å². The molecule has 0 radical (unpaired) electrons. The summed E-state index contributed by atoms with van der Waals surface area (Å²) < 4.78 is 0. The average molecular weight is 285 g/mol. The van der Waals surface area contributed by atoms with Crippen molar-refractivity contribution in [2.45, 2.75) is 32.2 Å². The van der Waals surface area contributed by atoms with E-state index in [1.54, 1.807) is 14.1 Å². The van der Waals surface area contributed by atoms with Gasteiger partial charge in [0.2, 0.25) is 11.8 Å². The topological polar surface area (TPSA) is 108 Å². The standard InChI is InChI=1S/C13H23N3O4/c1-9(13(19)20)8-11(17)16-7-5-4-6-10(14-2)12(18)15-3/h8,10,14H,4-7H2,1-3H3,(H,15,18)(H,16,17)(H,19,20)/b9-8-. The second kappa shape index (κ2) is 9.96. The van der Waals surface area contributed by atoms with Gasteiger partial charge in [-0.3, -0.25) is 9.59 Å². The number of hydrogen-bond donors (Lipinski definition) is 4. The SMILES string of the molecule is CNC(=O)C(CCCCNC(=O)/C=C(/C)C(=O)O)NC. The van der Waals surface area contributed by atoms with Crippen molar-refractivity contribution < 1.29 is 19.5 Å². The van der Waals surface area contributed by atoms with Gasteiger partial charge in [-0.2, -0.15) is 0 Å². The van der Waals surface area contributed by atoms with E-state index in [0.29, 0.717) is 13.0 Å². The minimum atomic E-state index is -1.11. The molecule has 7 nitrogen and oxygen atoms in total. The van der Waals surface area contributed by atoms with Gasteiger partial charge in [0.15, 0.2) is 0 Å². The Balaban J connectivity index is 3.87. The summed E-state index contributed by atoms with van der Waals surface area (Å²) in [7, 11) is 3.31. The van der Waals surface area contributed by atoms with Crippen molar-refractivity contribution in [1.29, 1.82) is 0 Å². The van der Waals surface area contributed by atoms with Crippen molar-refractivity contribution in [3.63, 3.8) is 0 Å². The van der Waals surface area contributed by atoms with Crippen LogP contribution in [-0.2, 0) is 14.4 Å². The molecule has 0 fully saturated rings. The molecule has 0 bridgehead atoms. The van der Waals surface area contributed by atoms with Crippen LogP contribution in [0.1, 0.15) is 26.2 Å². The Kier molecular flexibility index (Phi) is 9.02. The second-order valence-corrected chi connectivity index (χ2v) is 4.37. The zero-order chi connectivity index (χ0) is 15.5. The molecule has 0 aromatic heterocycles. The Hall–Kier alpha value is -1.89. The summed E-state index contributed by atoms with van der Waals surface area (Å²) in [6, 6.07) is -0.232. The van der Waals surface area contributed by atoms with Crippen molar-refractivity contribution in [2.75, 3.05) is 20.6 Å². The van der Waals surface area contributed by atoms with Crippen molar-refractivity contribution >= 4 is 17.8 Å². The van der Waals surface area contributed by atoms with Crippen LogP contribution in [0.2, 0.25) is 0 Å². The van der Waals surface area contributed by atoms with Gasteiger partial charge >= 0.3 is 5.97 Å². The third kappa shape index (κ3) is 7.52. The number of carbonyl (C=O) groups excluding carboxylic acids is 2. The van der Waals surface area contributed by atoms with Gasteiger partial charge in [0.05, 0.1) is 6.04 Å². The van der Waals surface area contributed by atoms with E-state index in [4.69, 9.17) is 5.11 Å². The molecule has 0 aliphatic carbocycles. The van der Waals surface area contributed by atoms with Crippen molar-refractivity contribution in [3.05, 3.63) is 11.6 Å². The summed E-state index contributed by atoms with van der Waals surface area (Å²) in [4.78, 5) is 33.3. The lowest BCUT2D eigenvalue weighted by Crippen LogP contribution is -2.41. The second-order valence-electron chi connectivity index (χ2n) is 4.37. The highest BCUT2D eigenvalue weighted by Crippen LogP contribution is 2.00. The zero-order valence-electron chi connectivity index (χ0n) is 12.2. The maximum Gasteiger partial charge on any atom is 0.331 e. The molecular weight excluding hydrogens is 262 g/mol. The lowest BCUT2D eigenvalue weighted by atomic mass is 10.1. The van der Waals surface area contributed by atoms with Crippen LogP contribution in [0.25, 0.3) is 0 Å². The Bertz CT molecular complexity index is 380. The predicted octanol–water partition coefficient (Wildman–Crippen LogP) is -0.362. The number of carboxylic acids is 1. The van der Waals surface area contributed by atoms with Gasteiger partial charge in [-0.15, -0.1) is 0 Å². The lowest BCUT2D eigenvalue weighted by molar-refractivity contribution is -0.133. The Morgan fingerprint density at radius 1 is 1.20 bits per heavy atom. The summed E-state index contributed by atoms with van der Waals surface area (Å²) in [5, 5.41) is 16.7. The van der Waals surface area contributed by atoms with E-state index in [1.165, 1.54) is 6.92 Å². The van der Waals surface area contributed by atoms with E-state index < -0.39 is 11.9 Å². The molecule has 0 aliphatic rings. The number of unbranched alkanes of at least 4 members (excludes halogenated alkanes) is 1. The molecule has 0 aromatic rings. The van der Waals surface area contributed by atoms with E-state index in [1.807, 2.05) is 0 Å². The van der Waals surface area contributed by atoms with Gasteiger partial charge in [0, 0.05) is 25.2 Å². The first-order chi connectivity index (χ1) is 9.42. The first-order valence-corrected chi connectivity index (χ1v) is 6.50. The van der Waals surface area contributed by atoms with Crippen molar-refractivity contribution in [2.24, 2.45) is 0 Å². The van der Waals surface area contributed by atoms with Gasteiger partial charge in [-0.25, -0.2) is 4.79 Å². The molecule has 4 N–H and O–H groups in total. The predicted molar refractivity (Wildman–Crippen MR) is 75.2 cm³/mol. The van der Waals surface area contributed by atoms with E-state index in [2.05, 4.69) is 16.0 Å². The summed E-state index contributed by atoms with van der Waals surface area (Å²) in [5.41, 5.74) is -0.00244. The van der Waals surface area contributed by atoms with Crippen LogP contribution in [0.15, 0.2) is 11.6 Å². The third-order valence-electron chi connectivity index (χ3n) is 2.82. The Morgan fingerprint density at radius 3 is 2.35 bits per heavy atom. The molecule has 114 valence electrons. The van der Waals surface area contributed by atoms with E-state index in [9.17, 15) is 14.4 Å². The average Bonchev–Trinajstić information content (AvgIpc) is 2.41. The van der Waals surface area contributed by atoms with Crippen LogP contribution in [0.5, 0.6) is 0 Å². The third-order valence-corrected chi connectivity index (χ3v) is 2.82. The number of hydrogen-bond acceptors (Lipinski definition) is 4. The van der Waals surface area contributed by atoms with Crippen LogP contribution in [0, 0.1) is 0 Å². The molecule has 0 heterocycles. The highest BCUT2D eigenvalue weighted by atomic mass is 16.4. The van der Waals surface area contributed by atoms with Gasteiger partial charge in [0.1, 0.15) is 0 Å². The molecule has 0 aromatic carbocycles. The first-order valence-electron chi connectivity index (χ1n) is 6.50. The van der Waals surface area contributed by atoms with Crippen molar-refractivity contribution in [3.8, 4) is 0 Å². The fourth-order valence-corrected chi connectivity index (χ4v) is 1.58. The first kappa shape index (κ1) is 18.1. The Labute approximate surface area is 118 Å². The maximum absolute atomic E-state index is 11.4. The molecule has 20 heavy (non-hydrogen) atoms. The lowest BCUT2D eigenvalue weighted by Gasteiger charge is -2.14. The monoisotopic (exact) mass is 285 g/mol. The summed E-state index contributed by atoms with van der Waals surface area (Å²) in [6.07, 6.45) is 3.24. The van der Waals surface area contributed by atoms with E-state index >= 15 is 0 Å². The minimum absolute atomic E-state index is 0.00244. The minimum Gasteiger partial charge on any atom is -0.478 e. The maximum atomic E-state index is 11.4. The van der Waals surface area contributed by atoms with E-state index in [0.717, 1.165) is 18.9 Å². The van der Waals surface area contributed by atoms with Crippen molar-refractivity contribution in [1.82, 2.24) is 16.0 Å². The number of nitrogens with one attached hydrogen (secondary N) is 3. The molecule has 1 atom stereocenters. The number of likely N-dealkylation sites (N-methyl/N-ethyl adjacent to an activating group) is 2. The molecule has 7 heteroatoms. The van der Waals surface area contributed by atoms with Gasteiger partial charge in [-0.1, -0.05) is 0 Å². The van der Waals surface area contributed by atoms with Crippen LogP contribution >= 0.6 is 0 Å². The molecule has 2 amide bonds. The molecule has 0 aliphatic heterocycles. The largest absolute Gasteiger partial charge is 0.478 e. The molecular formula is C13H23N3O4. The quantitative estimate of drug-likeness (QED) is 0.342. The number of rotatable bonds is 9. The van der Waals surface area contributed by atoms with Gasteiger partial charge < -0.3 is 21.1 Å². The Morgan fingerprint density at radius 2 is 1.85 bits per heavy atom. The van der Waals surface area contributed by atoms with Crippen LogP contribution in [-0.4, -0.2) is 49.6 Å². The summed E-state index contributed by atoms with van der Waals surface area (Å²) in [5.74, 6) is -1.58. The molecule has 1 unspecified atom stereocenters. The van der Waals surface area contributed by atoms with Crippen LogP contribution in [0.4, 0.5) is 0 Å². The number of carbonyl (C=O) groups is 3. The number of carboxylic acid groups (broad SMARTS) is 1. The van der Waals surface area contributed by atoms with E-state index in [-0.39, 0.29) is 17.5 Å². The molecule has 0 saturated heterocycles. The highest BCUT2D eigenvalue weighted by Gasteiger charge is 2.13. The van der Waals surface area contributed by atoms with Gasteiger partial charge in [0.25, 0.3) is 0 Å². The number of aliphatic carboxylic acids is 1. The normalized spacial score (nSPS) is 12.7. The molecule has 0 spiro atoms. The summed E-state index contributed by atoms with van der Waals surface area (Å²) in [6.45, 7) is 1.81. The smallest absolute Gasteiger partial charge is 0.331 e. The highest BCUT2D eigenvalue weighted by molar-refractivity contribution is 5.97. The zero-order valence-corrected chi connectivity index (χ0v) is 12.2. The van der Waals surface area contributed by atoms with Crippen LogP contribution < -0.4 is 16.0 Å². The molecule has 0 saturated carbocycles. The number of amides is 2. The van der Waals surface area contributed by atoms with Gasteiger partial charge in [-0.05, 0) is 33.2 Å². The molecule has 0 rings (SSSR count).